The number of halogens is 1. The van der Waals surface area contributed by atoms with Gasteiger partial charge in [-0.25, -0.2) is 4.79 Å². The first kappa shape index (κ1) is 15.9. The molecule has 2 rings (SSSR count). The molecule has 0 radical (unpaired) electrons. The minimum absolute atomic E-state index is 0. The lowest BCUT2D eigenvalue weighted by Crippen LogP contribution is -2.34. The Hall–Kier alpha value is -1.15. The molecule has 7 nitrogen and oxygen atoms in total. The molecule has 1 aromatic rings. The molecule has 8 heteroatoms. The van der Waals surface area contributed by atoms with E-state index in [4.69, 9.17) is 9.84 Å². The summed E-state index contributed by atoms with van der Waals surface area (Å²) in [7, 11) is 0. The average molecular weight is 293 g/mol. The molecule has 0 aromatic carbocycles. The van der Waals surface area contributed by atoms with E-state index in [1.54, 1.807) is 6.92 Å². The molecule has 1 aliphatic rings. The molecule has 2 heterocycles. The van der Waals surface area contributed by atoms with Crippen molar-refractivity contribution in [2.24, 2.45) is 0 Å². The Morgan fingerprint density at radius 1 is 1.53 bits per heavy atom. The minimum Gasteiger partial charge on any atom is -0.394 e. The lowest BCUT2D eigenvalue weighted by Gasteiger charge is -2.14. The Morgan fingerprint density at radius 3 is 2.74 bits per heavy atom. The lowest BCUT2D eigenvalue weighted by atomic mass is 10.2. The maximum Gasteiger partial charge on any atom is 0.330 e. The monoisotopic (exact) mass is 292 g/mol. The topological polar surface area (TPSA) is 105 Å². The summed E-state index contributed by atoms with van der Waals surface area (Å²) in [4.78, 5) is 25.3. The highest BCUT2D eigenvalue weighted by atomic mass is 35.5. The van der Waals surface area contributed by atoms with E-state index in [9.17, 15) is 14.7 Å². The first-order chi connectivity index (χ1) is 8.56. The molecular formula is C11H17ClN2O5. The van der Waals surface area contributed by atoms with Gasteiger partial charge in [0.25, 0.3) is 5.56 Å². The molecule has 1 fully saturated rings. The summed E-state index contributed by atoms with van der Waals surface area (Å²) in [6.07, 6.45) is -0.0259. The fourth-order valence-corrected chi connectivity index (χ4v) is 2.04. The zero-order valence-electron chi connectivity index (χ0n) is 10.4. The summed E-state index contributed by atoms with van der Waals surface area (Å²) in [5.74, 6) is 0. The zero-order valence-corrected chi connectivity index (χ0v) is 11.2. The van der Waals surface area contributed by atoms with Crippen molar-refractivity contribution in [1.82, 2.24) is 9.55 Å². The molecule has 0 unspecified atom stereocenters. The maximum atomic E-state index is 11.7. The molecule has 19 heavy (non-hydrogen) atoms. The van der Waals surface area contributed by atoms with E-state index in [-0.39, 0.29) is 25.4 Å². The average Bonchev–Trinajstić information content (AvgIpc) is 2.70. The number of aryl methyl sites for hydroxylation is 1. The molecule has 108 valence electrons. The van der Waals surface area contributed by atoms with Crippen LogP contribution in [-0.2, 0) is 11.2 Å². The quantitative estimate of drug-likeness (QED) is 0.674. The third-order valence-corrected chi connectivity index (χ3v) is 3.12. The minimum atomic E-state index is -0.816. The van der Waals surface area contributed by atoms with E-state index < -0.39 is 29.7 Å². The van der Waals surface area contributed by atoms with Crippen molar-refractivity contribution in [1.29, 1.82) is 0 Å². The van der Waals surface area contributed by atoms with Crippen molar-refractivity contribution in [3.05, 3.63) is 32.6 Å². The van der Waals surface area contributed by atoms with Crippen molar-refractivity contribution in [2.45, 2.75) is 38.2 Å². The predicted octanol–water partition coefficient (Wildman–Crippen LogP) is -0.839. The van der Waals surface area contributed by atoms with Crippen LogP contribution in [0, 0.1) is 0 Å². The van der Waals surface area contributed by atoms with Crippen LogP contribution < -0.4 is 11.2 Å². The van der Waals surface area contributed by atoms with Crippen LogP contribution in [0.3, 0.4) is 0 Å². The second-order valence-electron chi connectivity index (χ2n) is 4.29. The molecule has 0 aliphatic carbocycles. The first-order valence-corrected chi connectivity index (χ1v) is 5.85. The Morgan fingerprint density at radius 2 is 2.21 bits per heavy atom. The van der Waals surface area contributed by atoms with Gasteiger partial charge in [-0.1, -0.05) is 6.92 Å². The van der Waals surface area contributed by atoms with Crippen molar-refractivity contribution in [2.75, 3.05) is 6.61 Å². The van der Waals surface area contributed by atoms with Gasteiger partial charge in [0.15, 0.2) is 0 Å². The van der Waals surface area contributed by atoms with Crippen molar-refractivity contribution >= 4 is 12.4 Å². The van der Waals surface area contributed by atoms with Crippen molar-refractivity contribution in [3.8, 4) is 0 Å². The van der Waals surface area contributed by atoms with Crippen LogP contribution in [0.2, 0.25) is 0 Å². The van der Waals surface area contributed by atoms with E-state index in [1.165, 1.54) is 10.8 Å². The molecular weight excluding hydrogens is 276 g/mol. The van der Waals surface area contributed by atoms with E-state index in [0.717, 1.165) is 0 Å². The Balaban J connectivity index is 0.00000180. The summed E-state index contributed by atoms with van der Waals surface area (Å²) < 4.78 is 6.62. The normalized spacial score (nSPS) is 26.2. The fourth-order valence-electron chi connectivity index (χ4n) is 2.04. The van der Waals surface area contributed by atoms with Crippen LogP contribution in [0.4, 0.5) is 0 Å². The van der Waals surface area contributed by atoms with Gasteiger partial charge in [-0.15, -0.1) is 12.4 Å². The molecule has 1 aliphatic heterocycles. The molecule has 1 saturated heterocycles. The molecule has 0 saturated carbocycles. The molecule has 0 amide bonds. The van der Waals surface area contributed by atoms with Crippen LogP contribution in [0.5, 0.6) is 0 Å². The number of H-pyrrole nitrogens is 1. The smallest absolute Gasteiger partial charge is 0.330 e. The summed E-state index contributed by atoms with van der Waals surface area (Å²) in [5, 5.41) is 18.6. The van der Waals surface area contributed by atoms with Crippen LogP contribution in [0.15, 0.2) is 15.8 Å². The van der Waals surface area contributed by atoms with Gasteiger partial charge in [0.1, 0.15) is 12.3 Å². The Bertz CT molecular complexity index is 541. The second-order valence-corrected chi connectivity index (χ2v) is 4.29. The van der Waals surface area contributed by atoms with Crippen LogP contribution >= 0.6 is 12.4 Å². The van der Waals surface area contributed by atoms with E-state index in [2.05, 4.69) is 4.98 Å². The number of nitrogens with zero attached hydrogens (tertiary/aromatic N) is 1. The van der Waals surface area contributed by atoms with Crippen LogP contribution in [-0.4, -0.2) is 38.6 Å². The van der Waals surface area contributed by atoms with Gasteiger partial charge in [-0.3, -0.25) is 14.3 Å². The number of ether oxygens (including phenoxy) is 1. The van der Waals surface area contributed by atoms with Gasteiger partial charge in [0.05, 0.1) is 12.7 Å². The van der Waals surface area contributed by atoms with E-state index in [1.807, 2.05) is 0 Å². The van der Waals surface area contributed by atoms with Gasteiger partial charge < -0.3 is 14.9 Å². The number of hydrogen-bond donors (Lipinski definition) is 3. The van der Waals surface area contributed by atoms with Gasteiger partial charge >= 0.3 is 5.69 Å². The largest absolute Gasteiger partial charge is 0.394 e. The maximum absolute atomic E-state index is 11.7. The Kier molecular flexibility index (Phi) is 5.30. The lowest BCUT2D eigenvalue weighted by molar-refractivity contribution is -0.0459. The van der Waals surface area contributed by atoms with Crippen LogP contribution in [0.25, 0.3) is 0 Å². The van der Waals surface area contributed by atoms with Gasteiger partial charge in [-0.2, -0.15) is 0 Å². The SMILES string of the molecule is CCc1cn([C@H]2C[C@H](O)[C@@H](CO)O2)c(=O)[nH]c1=O.Cl. The standard InChI is InChI=1S/C11H16N2O5.ClH/c1-2-6-4-13(11(17)12-10(6)16)9-3-7(15)8(5-14)18-9;/h4,7-9,14-15H,2-3,5H2,1H3,(H,12,16,17);1H/t7-,8+,9+;/m0./s1. The number of aromatic amines is 1. The number of hydrogen-bond acceptors (Lipinski definition) is 5. The summed E-state index contributed by atoms with van der Waals surface area (Å²) >= 11 is 0. The van der Waals surface area contributed by atoms with Gasteiger partial charge in [0.2, 0.25) is 0 Å². The zero-order chi connectivity index (χ0) is 13.3. The number of aliphatic hydroxyl groups is 2. The number of rotatable bonds is 3. The second kappa shape index (κ2) is 6.33. The van der Waals surface area contributed by atoms with Gasteiger partial charge in [0, 0.05) is 18.2 Å². The summed E-state index contributed by atoms with van der Waals surface area (Å²) in [5.41, 5.74) is -0.510. The van der Waals surface area contributed by atoms with Crippen molar-refractivity contribution < 1.29 is 14.9 Å². The van der Waals surface area contributed by atoms with E-state index in [0.29, 0.717) is 12.0 Å². The summed E-state index contributed by atoms with van der Waals surface area (Å²) in [6.45, 7) is 1.50. The van der Waals surface area contributed by atoms with E-state index >= 15 is 0 Å². The molecule has 1 aromatic heterocycles. The molecule has 0 bridgehead atoms. The Labute approximate surface area is 115 Å². The van der Waals surface area contributed by atoms with Crippen molar-refractivity contribution in [3.63, 3.8) is 0 Å². The number of aliphatic hydroxyl groups excluding tert-OH is 2. The number of nitrogens with one attached hydrogen (secondary N) is 1. The highest BCUT2D eigenvalue weighted by Crippen LogP contribution is 2.27. The first-order valence-electron chi connectivity index (χ1n) is 5.85. The third-order valence-electron chi connectivity index (χ3n) is 3.12. The summed E-state index contributed by atoms with van der Waals surface area (Å²) in [6, 6.07) is 0. The third kappa shape index (κ3) is 3.06. The molecule has 3 atom stereocenters. The number of aromatic nitrogens is 2. The molecule has 0 spiro atoms. The van der Waals surface area contributed by atoms with Gasteiger partial charge in [-0.05, 0) is 6.42 Å². The highest BCUT2D eigenvalue weighted by molar-refractivity contribution is 5.85. The van der Waals surface area contributed by atoms with Crippen LogP contribution in [0.1, 0.15) is 25.1 Å². The highest BCUT2D eigenvalue weighted by Gasteiger charge is 2.35. The predicted molar refractivity (Wildman–Crippen MR) is 69.6 cm³/mol. The molecule has 3 N–H and O–H groups in total. The fraction of sp³-hybridized carbons (Fsp3) is 0.636.